The number of halogens is 2. The minimum atomic E-state index is 0.697. The highest BCUT2D eigenvalue weighted by Crippen LogP contribution is 2.37. The van der Waals surface area contributed by atoms with E-state index in [4.69, 9.17) is 0 Å². The Morgan fingerprint density at radius 2 is 2.00 bits per heavy atom. The Labute approximate surface area is 141 Å². The molecule has 4 heteroatoms. The van der Waals surface area contributed by atoms with Gasteiger partial charge >= 0.3 is 0 Å². The summed E-state index contributed by atoms with van der Waals surface area (Å²) in [6.45, 7) is 1.09. The van der Waals surface area contributed by atoms with Crippen molar-refractivity contribution < 1.29 is 0 Å². The Morgan fingerprint density at radius 1 is 1.15 bits per heavy atom. The number of thiophene rings is 1. The van der Waals surface area contributed by atoms with Gasteiger partial charge in [0.2, 0.25) is 0 Å². The quantitative estimate of drug-likeness (QED) is 0.694. The molecule has 1 nitrogen and oxygen atoms in total. The van der Waals surface area contributed by atoms with Crippen LogP contribution < -0.4 is 5.32 Å². The van der Waals surface area contributed by atoms with Crippen molar-refractivity contribution in [3.05, 3.63) is 55.1 Å². The van der Waals surface area contributed by atoms with Gasteiger partial charge in [-0.3, -0.25) is 0 Å². The molecule has 1 aromatic carbocycles. The van der Waals surface area contributed by atoms with E-state index in [-0.39, 0.29) is 0 Å². The number of hydrogen-bond acceptors (Lipinski definition) is 2. The van der Waals surface area contributed by atoms with Crippen molar-refractivity contribution in [1.29, 1.82) is 0 Å². The second kappa shape index (κ2) is 6.73. The van der Waals surface area contributed by atoms with Gasteiger partial charge < -0.3 is 5.32 Å². The molecule has 0 spiro atoms. The molecule has 20 heavy (non-hydrogen) atoms. The highest BCUT2D eigenvalue weighted by Gasteiger charge is 2.29. The largest absolute Gasteiger partial charge is 0.314 e. The van der Waals surface area contributed by atoms with Crippen LogP contribution in [0.3, 0.4) is 0 Å². The molecule has 3 rings (SSSR count). The van der Waals surface area contributed by atoms with E-state index in [1.54, 1.807) is 0 Å². The summed E-state index contributed by atoms with van der Waals surface area (Å²) in [5.41, 5.74) is 1.47. The van der Waals surface area contributed by atoms with Crippen LogP contribution in [0.4, 0.5) is 0 Å². The fourth-order valence-electron chi connectivity index (χ4n) is 2.70. The fourth-order valence-corrected chi connectivity index (χ4v) is 4.60. The summed E-state index contributed by atoms with van der Waals surface area (Å²) >= 11 is 8.90. The second-order valence-electron chi connectivity index (χ2n) is 5.33. The van der Waals surface area contributed by atoms with E-state index in [1.807, 2.05) is 11.3 Å². The number of nitrogens with one attached hydrogen (secondary N) is 1. The van der Waals surface area contributed by atoms with E-state index in [1.165, 1.54) is 31.5 Å². The lowest BCUT2D eigenvalue weighted by atomic mass is 9.76. The number of rotatable bonds is 5. The lowest BCUT2D eigenvalue weighted by molar-refractivity contribution is 0.293. The Hall–Kier alpha value is -0.160. The molecule has 0 unspecified atom stereocenters. The van der Waals surface area contributed by atoms with Crippen molar-refractivity contribution in [2.24, 2.45) is 0 Å². The zero-order chi connectivity index (χ0) is 13.9. The van der Waals surface area contributed by atoms with E-state index >= 15 is 0 Å². The third kappa shape index (κ3) is 3.73. The first-order valence-corrected chi connectivity index (χ1v) is 9.34. The van der Waals surface area contributed by atoms with E-state index in [2.05, 4.69) is 73.6 Å². The van der Waals surface area contributed by atoms with Crippen LogP contribution in [-0.4, -0.2) is 12.6 Å². The van der Waals surface area contributed by atoms with Crippen molar-refractivity contribution in [1.82, 2.24) is 5.32 Å². The molecule has 0 atom stereocenters. The Morgan fingerprint density at radius 3 is 2.70 bits per heavy atom. The summed E-state index contributed by atoms with van der Waals surface area (Å²) in [6.07, 6.45) is 3.67. The molecule has 0 saturated heterocycles. The molecule has 0 amide bonds. The first-order chi connectivity index (χ1) is 9.70. The van der Waals surface area contributed by atoms with Crippen LogP contribution in [0.15, 0.2) is 44.7 Å². The molecule has 1 aliphatic carbocycles. The molecule has 1 aliphatic rings. The van der Waals surface area contributed by atoms with Crippen LogP contribution in [0.2, 0.25) is 0 Å². The normalized spacial score (nSPS) is 21.7. The predicted octanol–water partition coefficient (Wildman–Crippen LogP) is 5.35. The Bertz CT molecular complexity index is 575. The summed E-state index contributed by atoms with van der Waals surface area (Å²) in [5, 5.41) is 3.67. The van der Waals surface area contributed by atoms with Gasteiger partial charge in [0, 0.05) is 21.9 Å². The molecule has 1 fully saturated rings. The van der Waals surface area contributed by atoms with Gasteiger partial charge in [-0.05, 0) is 70.9 Å². The summed E-state index contributed by atoms with van der Waals surface area (Å²) < 4.78 is 2.42. The highest BCUT2D eigenvalue weighted by atomic mass is 79.9. The van der Waals surface area contributed by atoms with Crippen molar-refractivity contribution in [3.8, 4) is 0 Å². The molecule has 2 aromatic rings. The zero-order valence-electron chi connectivity index (χ0n) is 11.1. The smallest absolute Gasteiger partial charge is 0.0701 e. The first kappa shape index (κ1) is 14.8. The van der Waals surface area contributed by atoms with Crippen LogP contribution >= 0.6 is 43.2 Å². The molecule has 1 aromatic heterocycles. The highest BCUT2D eigenvalue weighted by molar-refractivity contribution is 9.11. The minimum Gasteiger partial charge on any atom is -0.314 e. The van der Waals surface area contributed by atoms with Gasteiger partial charge in [-0.2, -0.15) is 0 Å². The van der Waals surface area contributed by atoms with Crippen LogP contribution in [0.25, 0.3) is 0 Å². The standard InChI is InChI=1S/C16H17Br2NS/c17-13-3-1-2-11(8-13)12-9-14(10-12)19-7-6-15-4-5-16(18)20-15/h1-5,8,12,14,19H,6-7,9-10H2. The first-order valence-electron chi connectivity index (χ1n) is 6.94. The minimum absolute atomic E-state index is 0.697. The van der Waals surface area contributed by atoms with E-state index in [0.717, 1.165) is 18.9 Å². The van der Waals surface area contributed by atoms with E-state index in [0.29, 0.717) is 6.04 Å². The maximum absolute atomic E-state index is 3.67. The van der Waals surface area contributed by atoms with Crippen molar-refractivity contribution >= 4 is 43.2 Å². The van der Waals surface area contributed by atoms with Gasteiger partial charge in [0.1, 0.15) is 0 Å². The molecule has 1 heterocycles. The number of hydrogen-bond donors (Lipinski definition) is 1. The second-order valence-corrected chi connectivity index (χ2v) is 8.79. The molecule has 1 saturated carbocycles. The third-order valence-corrected chi connectivity index (χ3v) is 6.07. The van der Waals surface area contributed by atoms with Gasteiger partial charge in [-0.15, -0.1) is 11.3 Å². The van der Waals surface area contributed by atoms with Gasteiger partial charge in [0.15, 0.2) is 0 Å². The summed E-state index contributed by atoms with van der Waals surface area (Å²) in [5.74, 6) is 0.737. The van der Waals surface area contributed by atoms with Gasteiger partial charge in [-0.25, -0.2) is 0 Å². The Balaban J connectivity index is 1.40. The monoisotopic (exact) mass is 413 g/mol. The molecule has 0 aliphatic heterocycles. The molecule has 0 bridgehead atoms. The van der Waals surface area contributed by atoms with Crippen molar-refractivity contribution in [2.75, 3.05) is 6.54 Å². The van der Waals surface area contributed by atoms with E-state index < -0.39 is 0 Å². The van der Waals surface area contributed by atoms with Crippen LogP contribution in [0.5, 0.6) is 0 Å². The SMILES string of the molecule is Brc1cccc(C2CC(NCCc3ccc(Br)s3)C2)c1. The van der Waals surface area contributed by atoms with Crippen LogP contribution in [0.1, 0.15) is 29.2 Å². The topological polar surface area (TPSA) is 12.0 Å². The average Bonchev–Trinajstić information content (AvgIpc) is 2.78. The molecule has 106 valence electrons. The van der Waals surface area contributed by atoms with Gasteiger partial charge in [-0.1, -0.05) is 28.1 Å². The van der Waals surface area contributed by atoms with Gasteiger partial charge in [0.25, 0.3) is 0 Å². The van der Waals surface area contributed by atoms with E-state index in [9.17, 15) is 0 Å². The molecule has 0 radical (unpaired) electrons. The van der Waals surface area contributed by atoms with Crippen LogP contribution in [0, 0.1) is 0 Å². The predicted molar refractivity (Wildman–Crippen MR) is 93.6 cm³/mol. The molecular formula is C16H17Br2NS. The summed E-state index contributed by atoms with van der Waals surface area (Å²) in [7, 11) is 0. The molecular weight excluding hydrogens is 398 g/mol. The molecule has 1 N–H and O–H groups in total. The maximum Gasteiger partial charge on any atom is 0.0701 e. The zero-order valence-corrected chi connectivity index (χ0v) is 15.1. The lowest BCUT2D eigenvalue weighted by Gasteiger charge is -2.36. The van der Waals surface area contributed by atoms with Gasteiger partial charge in [0.05, 0.1) is 3.79 Å². The van der Waals surface area contributed by atoms with Crippen molar-refractivity contribution in [3.63, 3.8) is 0 Å². The fraction of sp³-hybridized carbons (Fsp3) is 0.375. The maximum atomic E-state index is 3.67. The Kier molecular flexibility index (Phi) is 4.97. The van der Waals surface area contributed by atoms with Crippen molar-refractivity contribution in [2.45, 2.75) is 31.2 Å². The number of benzene rings is 1. The van der Waals surface area contributed by atoms with Crippen LogP contribution in [-0.2, 0) is 6.42 Å². The lowest BCUT2D eigenvalue weighted by Crippen LogP contribution is -2.40. The third-order valence-electron chi connectivity index (χ3n) is 3.89. The average molecular weight is 415 g/mol. The summed E-state index contributed by atoms with van der Waals surface area (Å²) in [4.78, 5) is 1.45. The summed E-state index contributed by atoms with van der Waals surface area (Å²) in [6, 6.07) is 13.8.